The molecule has 2 saturated heterocycles. The van der Waals surface area contributed by atoms with Crippen LogP contribution in [0.5, 0.6) is 11.5 Å². The molecule has 0 radical (unpaired) electrons. The van der Waals surface area contributed by atoms with E-state index >= 15 is 0 Å². The Morgan fingerprint density at radius 3 is 2.26 bits per heavy atom. The number of aliphatic hydroxyl groups is 2. The van der Waals surface area contributed by atoms with Crippen LogP contribution in [0.2, 0.25) is 5.02 Å². The standard InChI is InChI=1S/C36H45ClN2O4/c1-23(2)43-34-22-32-25(19-33(34)42-4)15-16-39(35(32)24-5-9-28(37)10-6-24)29-11-7-26(8-12-29)36(3,41)27-20-30-13-14-31(21-27)38(30)17-18-40/h5-12,19,22-23,27,30-31,35,40-41H,13-18,20-21H2,1-4H3/t27?,30?,31?,35?,36-/m1/s1. The molecule has 0 spiro atoms. The average Bonchev–Trinajstić information content (AvgIpc) is 3.22. The van der Waals surface area contributed by atoms with E-state index < -0.39 is 5.60 Å². The Morgan fingerprint density at radius 2 is 1.65 bits per heavy atom. The molecule has 3 unspecified atom stereocenters. The van der Waals surface area contributed by atoms with E-state index in [0.29, 0.717) is 17.1 Å². The average molecular weight is 605 g/mol. The van der Waals surface area contributed by atoms with Gasteiger partial charge in [0.1, 0.15) is 0 Å². The number of benzene rings is 3. The number of anilines is 1. The number of halogens is 1. The van der Waals surface area contributed by atoms with Crippen LogP contribution in [-0.2, 0) is 12.0 Å². The second-order valence-electron chi connectivity index (χ2n) is 13.0. The first-order valence-electron chi connectivity index (χ1n) is 15.8. The van der Waals surface area contributed by atoms with Crippen molar-refractivity contribution < 1.29 is 19.7 Å². The van der Waals surface area contributed by atoms with Gasteiger partial charge in [0.25, 0.3) is 0 Å². The maximum absolute atomic E-state index is 11.9. The Morgan fingerprint density at radius 1 is 0.977 bits per heavy atom. The van der Waals surface area contributed by atoms with Gasteiger partial charge in [-0.15, -0.1) is 0 Å². The van der Waals surface area contributed by atoms with Gasteiger partial charge in [-0.25, -0.2) is 0 Å². The van der Waals surface area contributed by atoms with Gasteiger partial charge in [-0.2, -0.15) is 0 Å². The van der Waals surface area contributed by atoms with Gasteiger partial charge in [-0.1, -0.05) is 35.9 Å². The van der Waals surface area contributed by atoms with E-state index in [1.54, 1.807) is 7.11 Å². The predicted octanol–water partition coefficient (Wildman–Crippen LogP) is 6.73. The molecule has 3 aromatic carbocycles. The number of fused-ring (bicyclic) bond motifs is 3. The first-order valence-corrected chi connectivity index (χ1v) is 16.2. The molecule has 230 valence electrons. The fraction of sp³-hybridized carbons (Fsp3) is 0.500. The van der Waals surface area contributed by atoms with Crippen LogP contribution in [-0.4, -0.2) is 60.1 Å². The molecule has 2 bridgehead atoms. The molecule has 0 saturated carbocycles. The summed E-state index contributed by atoms with van der Waals surface area (Å²) in [5.41, 5.74) is 4.79. The summed E-state index contributed by atoms with van der Waals surface area (Å²) in [5, 5.41) is 22.2. The third-order valence-corrected chi connectivity index (χ3v) is 10.3. The minimum atomic E-state index is -0.908. The van der Waals surface area contributed by atoms with Gasteiger partial charge >= 0.3 is 0 Å². The minimum Gasteiger partial charge on any atom is -0.493 e. The normalized spacial score (nSPS) is 25.0. The van der Waals surface area contributed by atoms with Crippen molar-refractivity contribution in [2.45, 2.75) is 82.7 Å². The number of rotatable bonds is 9. The zero-order valence-corrected chi connectivity index (χ0v) is 26.6. The number of methoxy groups -OCH3 is 1. The third-order valence-electron chi connectivity index (χ3n) is 10.0. The highest BCUT2D eigenvalue weighted by Gasteiger charge is 2.46. The van der Waals surface area contributed by atoms with Crippen molar-refractivity contribution in [1.29, 1.82) is 0 Å². The molecule has 2 N–H and O–H groups in total. The molecule has 4 atom stereocenters. The number of piperidine rings is 1. The summed E-state index contributed by atoms with van der Waals surface area (Å²) in [5.74, 6) is 1.71. The summed E-state index contributed by atoms with van der Waals surface area (Å²) in [6, 6.07) is 21.9. The van der Waals surface area contributed by atoms with Gasteiger partial charge in [0.2, 0.25) is 0 Å². The Labute approximate surface area is 261 Å². The summed E-state index contributed by atoms with van der Waals surface area (Å²) >= 11 is 6.31. The molecular formula is C36H45ClN2O4. The number of aliphatic hydroxyl groups excluding tert-OH is 1. The Hall–Kier alpha value is -2.77. The highest BCUT2D eigenvalue weighted by molar-refractivity contribution is 6.30. The van der Waals surface area contributed by atoms with E-state index in [-0.39, 0.29) is 24.7 Å². The van der Waals surface area contributed by atoms with Crippen LogP contribution >= 0.6 is 11.6 Å². The number of hydrogen-bond donors (Lipinski definition) is 2. The molecule has 6 rings (SSSR count). The monoisotopic (exact) mass is 604 g/mol. The first-order chi connectivity index (χ1) is 20.7. The summed E-state index contributed by atoms with van der Waals surface area (Å²) < 4.78 is 11.9. The summed E-state index contributed by atoms with van der Waals surface area (Å²) in [7, 11) is 1.69. The maximum Gasteiger partial charge on any atom is 0.161 e. The van der Waals surface area contributed by atoms with Crippen LogP contribution < -0.4 is 14.4 Å². The zero-order chi connectivity index (χ0) is 30.3. The second-order valence-corrected chi connectivity index (χ2v) is 13.4. The predicted molar refractivity (Wildman–Crippen MR) is 172 cm³/mol. The highest BCUT2D eigenvalue weighted by atomic mass is 35.5. The fourth-order valence-electron chi connectivity index (χ4n) is 7.85. The summed E-state index contributed by atoms with van der Waals surface area (Å²) in [4.78, 5) is 4.91. The van der Waals surface area contributed by atoms with E-state index in [1.807, 2.05) is 32.9 Å². The minimum absolute atomic E-state index is 0.0260. The molecule has 0 aromatic heterocycles. The number of nitrogens with zero attached hydrogens (tertiary/aromatic N) is 2. The van der Waals surface area contributed by atoms with E-state index in [4.69, 9.17) is 21.1 Å². The lowest BCUT2D eigenvalue weighted by Crippen LogP contribution is -2.48. The van der Waals surface area contributed by atoms with Crippen LogP contribution in [0.15, 0.2) is 60.7 Å². The summed E-state index contributed by atoms with van der Waals surface area (Å²) in [6.07, 6.45) is 5.17. The largest absolute Gasteiger partial charge is 0.493 e. The fourth-order valence-corrected chi connectivity index (χ4v) is 7.98. The van der Waals surface area contributed by atoms with Gasteiger partial charge in [-0.3, -0.25) is 4.90 Å². The Balaban J connectivity index is 1.31. The topological polar surface area (TPSA) is 65.4 Å². The van der Waals surface area contributed by atoms with Gasteiger partial charge in [0.15, 0.2) is 11.5 Å². The lowest BCUT2D eigenvalue weighted by molar-refractivity contribution is -0.0524. The van der Waals surface area contributed by atoms with Crippen LogP contribution in [0, 0.1) is 5.92 Å². The van der Waals surface area contributed by atoms with Crippen molar-refractivity contribution in [3.63, 3.8) is 0 Å². The number of hydrogen-bond acceptors (Lipinski definition) is 6. The van der Waals surface area contributed by atoms with Crippen molar-refractivity contribution in [3.8, 4) is 11.5 Å². The molecule has 2 fully saturated rings. The van der Waals surface area contributed by atoms with Crippen LogP contribution in [0.1, 0.15) is 74.8 Å². The maximum atomic E-state index is 11.9. The molecule has 3 heterocycles. The molecule has 7 heteroatoms. The molecule has 0 aliphatic carbocycles. The second kappa shape index (κ2) is 12.3. The smallest absolute Gasteiger partial charge is 0.161 e. The molecule has 3 aliphatic heterocycles. The van der Waals surface area contributed by atoms with Crippen LogP contribution in [0.25, 0.3) is 0 Å². The molecule has 6 nitrogen and oxygen atoms in total. The van der Waals surface area contributed by atoms with Gasteiger partial charge < -0.3 is 24.6 Å². The zero-order valence-electron chi connectivity index (χ0n) is 25.8. The van der Waals surface area contributed by atoms with E-state index in [9.17, 15) is 10.2 Å². The molecule has 3 aliphatic rings. The quantitative estimate of drug-likeness (QED) is 0.282. The Bertz CT molecular complexity index is 1390. The highest BCUT2D eigenvalue weighted by Crippen LogP contribution is 2.47. The first kappa shape index (κ1) is 30.3. The van der Waals surface area contributed by atoms with Crippen molar-refractivity contribution >= 4 is 17.3 Å². The van der Waals surface area contributed by atoms with E-state index in [0.717, 1.165) is 73.5 Å². The SMILES string of the molecule is COc1cc2c(cc1OC(C)C)C(c1ccc(Cl)cc1)N(c1ccc([C@@](C)(O)C3CC4CCC(C3)N4CCO)cc1)CC2. The van der Waals surface area contributed by atoms with Crippen LogP contribution in [0.4, 0.5) is 5.69 Å². The molecular weight excluding hydrogens is 560 g/mol. The molecule has 43 heavy (non-hydrogen) atoms. The van der Waals surface area contributed by atoms with Crippen molar-refractivity contribution in [1.82, 2.24) is 4.90 Å². The number of ether oxygens (including phenoxy) is 2. The Kier molecular flexibility index (Phi) is 8.67. The van der Waals surface area contributed by atoms with Crippen molar-refractivity contribution in [2.75, 3.05) is 31.7 Å². The van der Waals surface area contributed by atoms with E-state index in [1.165, 1.54) is 11.1 Å². The lowest BCUT2D eigenvalue weighted by Gasteiger charge is -2.44. The molecule has 3 aromatic rings. The third kappa shape index (κ3) is 5.87. The van der Waals surface area contributed by atoms with E-state index in [2.05, 4.69) is 58.3 Å². The van der Waals surface area contributed by atoms with Crippen LogP contribution in [0.3, 0.4) is 0 Å². The lowest BCUT2D eigenvalue weighted by atomic mass is 9.75. The van der Waals surface area contributed by atoms with Gasteiger partial charge in [0.05, 0.1) is 31.5 Å². The van der Waals surface area contributed by atoms with Crippen molar-refractivity contribution in [3.05, 3.63) is 87.9 Å². The van der Waals surface area contributed by atoms with Crippen molar-refractivity contribution in [2.24, 2.45) is 5.92 Å². The summed E-state index contributed by atoms with van der Waals surface area (Å²) in [6.45, 7) is 7.84. The molecule has 0 amide bonds. The van der Waals surface area contributed by atoms with Gasteiger partial charge in [0, 0.05) is 35.9 Å². The van der Waals surface area contributed by atoms with Gasteiger partial charge in [-0.05, 0) is 117 Å².